The summed E-state index contributed by atoms with van der Waals surface area (Å²) in [5, 5.41) is 3.19. The number of hydrogen-bond donors (Lipinski definition) is 3. The number of anilines is 2. The number of carbonyl (C=O) groups is 1. The molecule has 0 fully saturated rings. The van der Waals surface area contributed by atoms with E-state index in [0.717, 1.165) is 22.5 Å². The van der Waals surface area contributed by atoms with Crippen molar-refractivity contribution in [2.45, 2.75) is 26.8 Å². The van der Waals surface area contributed by atoms with Gasteiger partial charge in [-0.2, -0.15) is 0 Å². The first kappa shape index (κ1) is 15.0. The van der Waals surface area contributed by atoms with Crippen molar-refractivity contribution in [1.82, 2.24) is 4.98 Å². The molecule has 2 aromatic rings. The number of aryl methyl sites for hydroxylation is 2. The maximum absolute atomic E-state index is 11.7. The lowest BCUT2D eigenvalue weighted by atomic mass is 10.1. The zero-order valence-corrected chi connectivity index (χ0v) is 12.5. The fourth-order valence-electron chi connectivity index (χ4n) is 2.37. The number of nitrogens with one attached hydrogen (secondary N) is 1. The smallest absolute Gasteiger partial charge is 0.252 e. The van der Waals surface area contributed by atoms with Gasteiger partial charge in [0.15, 0.2) is 0 Å². The lowest BCUT2D eigenvalue weighted by Crippen LogP contribution is -2.17. The molecule has 0 saturated heterocycles. The molecule has 5 heteroatoms. The van der Waals surface area contributed by atoms with Crippen LogP contribution in [-0.2, 0) is 0 Å². The lowest BCUT2D eigenvalue weighted by molar-refractivity contribution is 0.100. The van der Waals surface area contributed by atoms with Crippen molar-refractivity contribution < 1.29 is 4.79 Å². The van der Waals surface area contributed by atoms with Crippen LogP contribution in [0.1, 0.15) is 40.1 Å². The Labute approximate surface area is 124 Å². The van der Waals surface area contributed by atoms with Crippen molar-refractivity contribution in [2.75, 3.05) is 5.32 Å². The maximum atomic E-state index is 11.7. The Morgan fingerprint density at radius 3 is 2.57 bits per heavy atom. The summed E-state index contributed by atoms with van der Waals surface area (Å²) in [6.45, 7) is 5.63. The second-order valence-corrected chi connectivity index (χ2v) is 5.17. The Morgan fingerprint density at radius 1 is 1.29 bits per heavy atom. The molecular weight excluding hydrogens is 264 g/mol. The van der Waals surface area contributed by atoms with Crippen LogP contribution in [0.15, 0.2) is 30.3 Å². The van der Waals surface area contributed by atoms with E-state index in [-0.39, 0.29) is 6.04 Å². The van der Waals surface area contributed by atoms with Crippen LogP contribution in [0.3, 0.4) is 0 Å². The molecule has 21 heavy (non-hydrogen) atoms. The number of aromatic nitrogens is 1. The maximum Gasteiger partial charge on any atom is 0.252 e. The number of rotatable bonds is 4. The van der Waals surface area contributed by atoms with Crippen LogP contribution in [0.2, 0.25) is 0 Å². The number of para-hydroxylation sites is 1. The highest BCUT2D eigenvalue weighted by molar-refractivity contribution is 5.99. The van der Waals surface area contributed by atoms with Crippen LogP contribution in [0, 0.1) is 13.8 Å². The minimum atomic E-state index is -0.499. The highest BCUT2D eigenvalue weighted by atomic mass is 16.1. The van der Waals surface area contributed by atoms with Crippen molar-refractivity contribution in [3.63, 3.8) is 0 Å². The summed E-state index contributed by atoms with van der Waals surface area (Å²) in [7, 11) is 0. The second kappa shape index (κ2) is 5.93. The van der Waals surface area contributed by atoms with Crippen molar-refractivity contribution in [1.29, 1.82) is 0 Å². The number of benzene rings is 1. The number of carbonyl (C=O) groups excluding carboxylic acids is 1. The average molecular weight is 284 g/mol. The summed E-state index contributed by atoms with van der Waals surface area (Å²) in [5.74, 6) is -0.0334. The third kappa shape index (κ3) is 3.20. The van der Waals surface area contributed by atoms with Crippen LogP contribution < -0.4 is 16.8 Å². The lowest BCUT2D eigenvalue weighted by Gasteiger charge is -2.17. The molecule has 0 aliphatic heterocycles. The molecule has 1 heterocycles. The minimum Gasteiger partial charge on any atom is -0.365 e. The molecule has 1 amide bonds. The van der Waals surface area contributed by atoms with Gasteiger partial charge in [0, 0.05) is 17.4 Å². The molecular formula is C16H20N4O. The summed E-state index contributed by atoms with van der Waals surface area (Å²) in [6, 6.07) is 9.39. The van der Waals surface area contributed by atoms with E-state index in [1.165, 1.54) is 0 Å². The summed E-state index contributed by atoms with van der Waals surface area (Å²) in [4.78, 5) is 16.1. The summed E-state index contributed by atoms with van der Waals surface area (Å²) >= 11 is 0. The van der Waals surface area contributed by atoms with E-state index >= 15 is 0 Å². The number of nitrogens with zero attached hydrogens (tertiary/aromatic N) is 1. The topological polar surface area (TPSA) is 94.0 Å². The van der Waals surface area contributed by atoms with Gasteiger partial charge in [0.05, 0.1) is 5.56 Å². The molecule has 0 aliphatic carbocycles. The highest BCUT2D eigenvalue weighted by Crippen LogP contribution is 2.27. The van der Waals surface area contributed by atoms with Crippen LogP contribution in [0.5, 0.6) is 0 Å². The van der Waals surface area contributed by atoms with Crippen molar-refractivity contribution in [2.24, 2.45) is 11.5 Å². The van der Waals surface area contributed by atoms with Gasteiger partial charge in [0.25, 0.3) is 5.91 Å². The van der Waals surface area contributed by atoms with E-state index in [0.29, 0.717) is 11.4 Å². The Balaban J connectivity index is 2.52. The SMILES string of the molecule is Cc1cc(C)c(C(N)=O)c(Nc2ccccc2C(C)N)n1. The van der Waals surface area contributed by atoms with Crippen LogP contribution in [0.25, 0.3) is 0 Å². The number of hydrogen-bond acceptors (Lipinski definition) is 4. The fraction of sp³-hybridized carbons (Fsp3) is 0.250. The molecule has 5 nitrogen and oxygen atoms in total. The van der Waals surface area contributed by atoms with Crippen LogP contribution >= 0.6 is 0 Å². The first-order valence-electron chi connectivity index (χ1n) is 6.79. The van der Waals surface area contributed by atoms with Gasteiger partial charge >= 0.3 is 0 Å². The number of pyridine rings is 1. The standard InChI is InChI=1S/C16H20N4O/c1-9-8-10(2)19-16(14(9)15(18)21)20-13-7-5-4-6-12(13)11(3)17/h4-8,11H,17H2,1-3H3,(H2,18,21)(H,19,20). The highest BCUT2D eigenvalue weighted by Gasteiger charge is 2.15. The van der Waals surface area contributed by atoms with Gasteiger partial charge < -0.3 is 16.8 Å². The van der Waals surface area contributed by atoms with Crippen molar-refractivity contribution >= 4 is 17.4 Å². The predicted octanol–water partition coefficient (Wildman–Crippen LogP) is 2.56. The molecule has 2 rings (SSSR count). The number of primary amides is 1. The Morgan fingerprint density at radius 2 is 1.95 bits per heavy atom. The number of nitrogens with two attached hydrogens (primary N) is 2. The van der Waals surface area contributed by atoms with Gasteiger partial charge in [0.2, 0.25) is 0 Å². The van der Waals surface area contributed by atoms with Gasteiger partial charge in [-0.15, -0.1) is 0 Å². The molecule has 1 aromatic heterocycles. The Hall–Kier alpha value is -2.40. The van der Waals surface area contributed by atoms with Gasteiger partial charge in [0.1, 0.15) is 5.82 Å². The van der Waals surface area contributed by atoms with Gasteiger partial charge in [-0.25, -0.2) is 4.98 Å². The molecule has 0 radical (unpaired) electrons. The van der Waals surface area contributed by atoms with Gasteiger partial charge in [-0.3, -0.25) is 4.79 Å². The van der Waals surface area contributed by atoms with Crippen molar-refractivity contribution in [3.8, 4) is 0 Å². The first-order valence-corrected chi connectivity index (χ1v) is 6.79. The summed E-state index contributed by atoms with van der Waals surface area (Å²) in [5.41, 5.74) is 15.2. The molecule has 0 spiro atoms. The molecule has 110 valence electrons. The zero-order valence-electron chi connectivity index (χ0n) is 12.5. The molecule has 1 atom stereocenters. The van der Waals surface area contributed by atoms with E-state index in [9.17, 15) is 4.79 Å². The van der Waals surface area contributed by atoms with Gasteiger partial charge in [-0.05, 0) is 44.0 Å². The van der Waals surface area contributed by atoms with Crippen LogP contribution in [-0.4, -0.2) is 10.9 Å². The van der Waals surface area contributed by atoms with E-state index in [1.54, 1.807) is 0 Å². The average Bonchev–Trinajstić information content (AvgIpc) is 2.37. The molecule has 5 N–H and O–H groups in total. The molecule has 0 bridgehead atoms. The monoisotopic (exact) mass is 284 g/mol. The summed E-state index contributed by atoms with van der Waals surface area (Å²) < 4.78 is 0. The second-order valence-electron chi connectivity index (χ2n) is 5.17. The quantitative estimate of drug-likeness (QED) is 0.804. The van der Waals surface area contributed by atoms with Crippen LogP contribution in [0.4, 0.5) is 11.5 Å². The van der Waals surface area contributed by atoms with E-state index in [4.69, 9.17) is 11.5 Å². The van der Waals surface area contributed by atoms with E-state index < -0.39 is 5.91 Å². The first-order chi connectivity index (χ1) is 9.90. The third-order valence-corrected chi connectivity index (χ3v) is 3.30. The largest absolute Gasteiger partial charge is 0.365 e. The number of amides is 1. The Kier molecular flexibility index (Phi) is 4.23. The van der Waals surface area contributed by atoms with Gasteiger partial charge in [-0.1, -0.05) is 18.2 Å². The molecule has 1 unspecified atom stereocenters. The zero-order chi connectivity index (χ0) is 15.6. The minimum absolute atomic E-state index is 0.128. The van der Waals surface area contributed by atoms with Crippen molar-refractivity contribution in [3.05, 3.63) is 52.7 Å². The fourth-order valence-corrected chi connectivity index (χ4v) is 2.37. The molecule has 0 aliphatic rings. The van der Waals surface area contributed by atoms with E-state index in [1.807, 2.05) is 51.1 Å². The van der Waals surface area contributed by atoms with E-state index in [2.05, 4.69) is 10.3 Å². The third-order valence-electron chi connectivity index (χ3n) is 3.30. The summed E-state index contributed by atoms with van der Waals surface area (Å²) in [6.07, 6.45) is 0. The molecule has 1 aromatic carbocycles. The predicted molar refractivity (Wildman–Crippen MR) is 84.6 cm³/mol. The Bertz CT molecular complexity index is 680. The molecule has 0 saturated carbocycles. The normalized spacial score (nSPS) is 12.0.